The van der Waals surface area contributed by atoms with Gasteiger partial charge in [0.1, 0.15) is 0 Å². The van der Waals surface area contributed by atoms with Gasteiger partial charge in [0.25, 0.3) is 0 Å². The van der Waals surface area contributed by atoms with Gasteiger partial charge in [-0.25, -0.2) is 0 Å². The topological polar surface area (TPSA) is 26.0 Å². The smallest absolute Gasteiger partial charge is 0.0323 e. The Morgan fingerprint density at radius 1 is 1.33 bits per heavy atom. The van der Waals surface area contributed by atoms with E-state index < -0.39 is 0 Å². The Morgan fingerprint density at radius 2 is 2.00 bits per heavy atom. The quantitative estimate of drug-likeness (QED) is 0.863. The lowest BCUT2D eigenvalue weighted by atomic mass is 9.92. The van der Waals surface area contributed by atoms with E-state index >= 15 is 0 Å². The maximum Gasteiger partial charge on any atom is 0.0323 e. The lowest BCUT2D eigenvalue weighted by Gasteiger charge is -2.19. The Kier molecular flexibility index (Phi) is 3.47. The highest BCUT2D eigenvalue weighted by atomic mass is 79.9. The van der Waals surface area contributed by atoms with Gasteiger partial charge < -0.3 is 5.73 Å². The summed E-state index contributed by atoms with van der Waals surface area (Å²) in [6.07, 6.45) is 5.30. The predicted molar refractivity (Wildman–Crippen MR) is 67.8 cm³/mol. The number of hydrogen-bond donors (Lipinski definition) is 1. The molecule has 0 radical (unpaired) electrons. The minimum absolute atomic E-state index is 0.226. The molecule has 0 aliphatic heterocycles. The molecule has 0 spiro atoms. The third-order valence-electron chi connectivity index (χ3n) is 3.49. The molecule has 1 aromatic rings. The van der Waals surface area contributed by atoms with Crippen molar-refractivity contribution >= 4 is 15.9 Å². The van der Waals surface area contributed by atoms with Gasteiger partial charge >= 0.3 is 0 Å². The number of halogens is 1. The highest BCUT2D eigenvalue weighted by Crippen LogP contribution is 2.35. The monoisotopic (exact) mass is 267 g/mol. The normalized spacial score (nSPS) is 19.4. The molecule has 0 bridgehead atoms. The van der Waals surface area contributed by atoms with Crippen molar-refractivity contribution in [3.63, 3.8) is 0 Å². The van der Waals surface area contributed by atoms with Crippen LogP contribution in [0.2, 0.25) is 0 Å². The van der Waals surface area contributed by atoms with Crippen LogP contribution in [-0.2, 0) is 0 Å². The van der Waals surface area contributed by atoms with Crippen LogP contribution in [0.3, 0.4) is 0 Å². The fraction of sp³-hybridized carbons (Fsp3) is 0.538. The van der Waals surface area contributed by atoms with Gasteiger partial charge in [0.05, 0.1) is 0 Å². The molecule has 1 saturated carbocycles. The van der Waals surface area contributed by atoms with E-state index in [-0.39, 0.29) is 6.04 Å². The van der Waals surface area contributed by atoms with E-state index in [2.05, 4.69) is 41.1 Å². The molecule has 0 amide bonds. The summed E-state index contributed by atoms with van der Waals surface area (Å²) in [6, 6.07) is 6.72. The summed E-state index contributed by atoms with van der Waals surface area (Å²) < 4.78 is 1.17. The SMILES string of the molecule is Cc1ccc([C@H](N)C2CCCC2)cc1Br. The fourth-order valence-electron chi connectivity index (χ4n) is 2.41. The Bertz CT molecular complexity index is 342. The molecule has 2 heteroatoms. The average molecular weight is 268 g/mol. The predicted octanol–water partition coefficient (Wildman–Crippen LogP) is 3.95. The van der Waals surface area contributed by atoms with Gasteiger partial charge in [-0.05, 0) is 42.9 Å². The minimum atomic E-state index is 0.226. The van der Waals surface area contributed by atoms with Gasteiger partial charge in [-0.2, -0.15) is 0 Å². The molecule has 0 aromatic heterocycles. The summed E-state index contributed by atoms with van der Waals surface area (Å²) in [5.74, 6) is 0.694. The first-order valence-corrected chi connectivity index (χ1v) is 6.49. The first-order chi connectivity index (χ1) is 7.18. The van der Waals surface area contributed by atoms with Crippen molar-refractivity contribution in [2.75, 3.05) is 0 Å². The van der Waals surface area contributed by atoms with Crippen LogP contribution in [0.5, 0.6) is 0 Å². The molecular formula is C13H18BrN. The molecule has 1 fully saturated rings. The van der Waals surface area contributed by atoms with Crippen molar-refractivity contribution in [3.8, 4) is 0 Å². The molecule has 1 aromatic carbocycles. The van der Waals surface area contributed by atoms with Crippen molar-refractivity contribution in [1.29, 1.82) is 0 Å². The van der Waals surface area contributed by atoms with Crippen LogP contribution in [0.1, 0.15) is 42.9 Å². The summed E-state index contributed by atoms with van der Waals surface area (Å²) in [5, 5.41) is 0. The Morgan fingerprint density at radius 3 is 2.60 bits per heavy atom. The van der Waals surface area contributed by atoms with Crippen molar-refractivity contribution in [1.82, 2.24) is 0 Å². The van der Waals surface area contributed by atoms with Gasteiger partial charge in [0, 0.05) is 10.5 Å². The molecule has 2 N–H and O–H groups in total. The number of nitrogens with two attached hydrogens (primary N) is 1. The van der Waals surface area contributed by atoms with Crippen molar-refractivity contribution in [2.24, 2.45) is 11.7 Å². The molecule has 0 saturated heterocycles. The second kappa shape index (κ2) is 4.67. The third kappa shape index (κ3) is 2.43. The number of aryl methyl sites for hydroxylation is 1. The standard InChI is InChI=1S/C13H18BrN/c1-9-6-7-11(8-12(9)14)13(15)10-4-2-3-5-10/h6-8,10,13H,2-5,15H2,1H3/t13-/m1/s1. The van der Waals surface area contributed by atoms with Gasteiger partial charge in [-0.15, -0.1) is 0 Å². The van der Waals surface area contributed by atoms with Crippen LogP contribution in [0.4, 0.5) is 0 Å². The molecule has 15 heavy (non-hydrogen) atoms. The molecule has 1 aliphatic rings. The van der Waals surface area contributed by atoms with Crippen molar-refractivity contribution in [3.05, 3.63) is 33.8 Å². The summed E-state index contributed by atoms with van der Waals surface area (Å²) in [6.45, 7) is 2.11. The molecule has 0 unspecified atom stereocenters. The van der Waals surface area contributed by atoms with Crippen LogP contribution in [0.25, 0.3) is 0 Å². The van der Waals surface area contributed by atoms with Crippen LogP contribution >= 0.6 is 15.9 Å². The van der Waals surface area contributed by atoms with E-state index in [4.69, 9.17) is 5.73 Å². The molecule has 2 rings (SSSR count). The third-order valence-corrected chi connectivity index (χ3v) is 4.34. The Labute approximate surface area is 100 Å². The second-order valence-electron chi connectivity index (χ2n) is 4.58. The summed E-state index contributed by atoms with van der Waals surface area (Å²) in [7, 11) is 0. The molecule has 0 heterocycles. The van der Waals surface area contributed by atoms with Crippen molar-refractivity contribution < 1.29 is 0 Å². The van der Waals surface area contributed by atoms with E-state index in [1.165, 1.54) is 41.3 Å². The highest BCUT2D eigenvalue weighted by molar-refractivity contribution is 9.10. The zero-order valence-electron chi connectivity index (χ0n) is 9.17. The molecule has 1 atom stereocenters. The number of hydrogen-bond acceptors (Lipinski definition) is 1. The summed E-state index contributed by atoms with van der Waals surface area (Å²) in [5.41, 5.74) is 8.85. The van der Waals surface area contributed by atoms with Gasteiger partial charge in [-0.1, -0.05) is 40.9 Å². The van der Waals surface area contributed by atoms with Crippen LogP contribution in [0, 0.1) is 12.8 Å². The molecule has 1 nitrogen and oxygen atoms in total. The van der Waals surface area contributed by atoms with Crippen LogP contribution in [-0.4, -0.2) is 0 Å². The average Bonchev–Trinajstić information content (AvgIpc) is 2.74. The zero-order chi connectivity index (χ0) is 10.8. The fourth-order valence-corrected chi connectivity index (χ4v) is 2.80. The first kappa shape index (κ1) is 11.2. The van der Waals surface area contributed by atoms with E-state index in [1.807, 2.05) is 0 Å². The maximum absolute atomic E-state index is 6.30. The summed E-state index contributed by atoms with van der Waals surface area (Å²) >= 11 is 3.57. The van der Waals surface area contributed by atoms with Crippen LogP contribution in [0.15, 0.2) is 22.7 Å². The lowest BCUT2D eigenvalue weighted by Crippen LogP contribution is -2.19. The van der Waals surface area contributed by atoms with Gasteiger partial charge in [-0.3, -0.25) is 0 Å². The Hall–Kier alpha value is -0.340. The molecule has 82 valence electrons. The van der Waals surface area contributed by atoms with E-state index in [9.17, 15) is 0 Å². The van der Waals surface area contributed by atoms with E-state index in [1.54, 1.807) is 0 Å². The Balaban J connectivity index is 2.17. The van der Waals surface area contributed by atoms with Gasteiger partial charge in [0.15, 0.2) is 0 Å². The van der Waals surface area contributed by atoms with E-state index in [0.717, 1.165) is 0 Å². The zero-order valence-corrected chi connectivity index (χ0v) is 10.8. The van der Waals surface area contributed by atoms with Crippen molar-refractivity contribution in [2.45, 2.75) is 38.6 Å². The molecule has 1 aliphatic carbocycles. The van der Waals surface area contributed by atoms with E-state index in [0.29, 0.717) is 5.92 Å². The number of benzene rings is 1. The lowest BCUT2D eigenvalue weighted by molar-refractivity contribution is 0.445. The molecular weight excluding hydrogens is 250 g/mol. The largest absolute Gasteiger partial charge is 0.324 e. The van der Waals surface area contributed by atoms with Crippen LogP contribution < -0.4 is 5.73 Å². The highest BCUT2D eigenvalue weighted by Gasteiger charge is 2.23. The van der Waals surface area contributed by atoms with Gasteiger partial charge in [0.2, 0.25) is 0 Å². The maximum atomic E-state index is 6.30. The second-order valence-corrected chi connectivity index (χ2v) is 5.43. The number of rotatable bonds is 2. The summed E-state index contributed by atoms with van der Waals surface area (Å²) in [4.78, 5) is 0. The minimum Gasteiger partial charge on any atom is -0.324 e. The first-order valence-electron chi connectivity index (χ1n) is 5.70.